The number of amides is 1. The van der Waals surface area contributed by atoms with E-state index in [1.54, 1.807) is 21.8 Å². The quantitative estimate of drug-likeness (QED) is 0.126. The molecule has 1 aromatic carbocycles. The van der Waals surface area contributed by atoms with Crippen LogP contribution in [-0.2, 0) is 37.6 Å². The first-order chi connectivity index (χ1) is 18.9. The second-order valence-electron chi connectivity index (χ2n) is 11.0. The number of hydrogen-bond acceptors (Lipinski definition) is 10. The molecule has 0 saturated carbocycles. The Labute approximate surface area is 233 Å². The molecule has 2 aromatic rings. The van der Waals surface area contributed by atoms with Gasteiger partial charge in [0.05, 0.1) is 29.5 Å². The number of nitro groups is 1. The summed E-state index contributed by atoms with van der Waals surface area (Å²) in [7, 11) is -1.58. The van der Waals surface area contributed by atoms with E-state index in [0.717, 1.165) is 0 Å². The van der Waals surface area contributed by atoms with E-state index in [4.69, 9.17) is 14.6 Å². The second-order valence-corrected chi connectivity index (χ2v) is 15.0. The molecule has 2 aliphatic heterocycles. The van der Waals surface area contributed by atoms with Crippen molar-refractivity contribution in [3.05, 3.63) is 45.8 Å². The summed E-state index contributed by atoms with van der Waals surface area (Å²) in [6, 6.07) is 4.38. The Balaban J connectivity index is 1.67. The number of nitrogens with zero attached hydrogens (tertiary/aromatic N) is 5. The number of anilines is 1. The Hall–Kier alpha value is -3.20. The number of aliphatic hydroxyl groups is 1. The maximum atomic E-state index is 14.3. The van der Waals surface area contributed by atoms with Crippen molar-refractivity contribution in [1.82, 2.24) is 15.0 Å². The molecule has 1 aromatic heterocycles. The monoisotopic (exact) mass is 575 g/mol. The molecular weight excluding hydrogens is 538 g/mol. The molecule has 1 fully saturated rings. The third kappa shape index (κ3) is 5.53. The Kier molecular flexibility index (Phi) is 8.73. The lowest BCUT2D eigenvalue weighted by Crippen LogP contribution is -2.46. The van der Waals surface area contributed by atoms with Crippen LogP contribution in [0.1, 0.15) is 43.9 Å². The smallest absolute Gasteiger partial charge is 0.305 e. The van der Waals surface area contributed by atoms with E-state index in [2.05, 4.69) is 10.3 Å². The van der Waals surface area contributed by atoms with Gasteiger partial charge in [-0.1, -0.05) is 12.1 Å². The van der Waals surface area contributed by atoms with E-state index in [0.29, 0.717) is 55.7 Å². The summed E-state index contributed by atoms with van der Waals surface area (Å²) in [5.74, 6) is -1.10. The van der Waals surface area contributed by atoms with Crippen LogP contribution in [0.5, 0.6) is 0 Å². The highest BCUT2D eigenvalue weighted by atomic mass is 28.4. The largest absolute Gasteiger partial charge is 0.469 e. The number of esters is 1. The normalized spacial score (nSPS) is 24.1. The average Bonchev–Trinajstić information content (AvgIpc) is 3.54. The zero-order valence-electron chi connectivity index (χ0n) is 23.3. The Morgan fingerprint density at radius 2 is 2.05 bits per heavy atom. The van der Waals surface area contributed by atoms with Crippen LogP contribution in [-0.4, -0.2) is 76.4 Å². The molecule has 2 aliphatic rings. The summed E-state index contributed by atoms with van der Waals surface area (Å²) < 4.78 is 13.0. The molecule has 0 unspecified atom stereocenters. The van der Waals surface area contributed by atoms with Crippen molar-refractivity contribution in [2.45, 2.75) is 75.9 Å². The number of fused-ring (bicyclic) bond motifs is 2. The fourth-order valence-electron chi connectivity index (χ4n) is 6.25. The minimum absolute atomic E-state index is 0.0380. The van der Waals surface area contributed by atoms with E-state index in [1.807, 2.05) is 20.0 Å². The minimum Gasteiger partial charge on any atom is -0.469 e. The predicted octanol–water partition coefficient (Wildman–Crippen LogP) is 2.30. The predicted molar refractivity (Wildman–Crippen MR) is 146 cm³/mol. The number of methoxy groups -OCH3 is 1. The summed E-state index contributed by atoms with van der Waals surface area (Å²) in [5, 5.41) is 29.0. The minimum atomic E-state index is -2.91. The standard InChI is InChI=1S/C26H37N5O8Si/c1-17-24(40(3,4)37)22(10-13-29-16-18(11-14-32)27-28-29)39-26(17)20-15-19(31(35)36)8-9-21(20)30(25(26)34)12-6-5-7-23(33)38-2/h8-9,15-17,22,24,32,37H,5-7,10-14H2,1-4H3/t17-,22+,24-,26+/m1/s1. The highest BCUT2D eigenvalue weighted by Crippen LogP contribution is 2.60. The number of ether oxygens (including phenoxy) is 2. The molecule has 40 heavy (non-hydrogen) atoms. The fraction of sp³-hybridized carbons (Fsp3) is 0.615. The van der Waals surface area contributed by atoms with E-state index < -0.39 is 30.9 Å². The molecule has 1 amide bonds. The van der Waals surface area contributed by atoms with Crippen molar-refractivity contribution < 1.29 is 33.9 Å². The molecule has 3 heterocycles. The molecule has 218 valence electrons. The van der Waals surface area contributed by atoms with Gasteiger partial charge in [0.15, 0.2) is 13.9 Å². The number of nitro benzene ring substituents is 1. The molecule has 0 aliphatic carbocycles. The topological polar surface area (TPSA) is 170 Å². The van der Waals surface area contributed by atoms with Crippen LogP contribution in [0, 0.1) is 16.0 Å². The third-order valence-electron chi connectivity index (χ3n) is 8.02. The zero-order valence-corrected chi connectivity index (χ0v) is 24.3. The van der Waals surface area contributed by atoms with Crippen molar-refractivity contribution in [2.75, 3.05) is 25.2 Å². The van der Waals surface area contributed by atoms with Crippen LogP contribution in [0.25, 0.3) is 0 Å². The van der Waals surface area contributed by atoms with Gasteiger partial charge in [-0.3, -0.25) is 24.4 Å². The van der Waals surface area contributed by atoms with Gasteiger partial charge < -0.3 is 24.3 Å². The molecule has 14 heteroatoms. The zero-order chi connectivity index (χ0) is 29.2. The summed E-state index contributed by atoms with van der Waals surface area (Å²) in [6.07, 6.45) is 3.32. The van der Waals surface area contributed by atoms with Crippen LogP contribution in [0.15, 0.2) is 24.4 Å². The summed E-state index contributed by atoms with van der Waals surface area (Å²) in [5.41, 5.74) is -0.345. The fourth-order valence-corrected chi connectivity index (χ4v) is 8.85. The second kappa shape index (κ2) is 11.7. The number of non-ortho nitro benzene ring substituents is 1. The Bertz CT molecular complexity index is 1260. The number of rotatable bonds is 12. The van der Waals surface area contributed by atoms with E-state index in [-0.39, 0.29) is 36.1 Å². The number of aryl methyl sites for hydroxylation is 1. The number of carbonyl (C=O) groups is 2. The van der Waals surface area contributed by atoms with Crippen molar-refractivity contribution in [2.24, 2.45) is 5.92 Å². The molecule has 1 saturated heterocycles. The number of benzene rings is 1. The summed E-state index contributed by atoms with van der Waals surface area (Å²) >= 11 is 0. The number of carbonyl (C=O) groups excluding carboxylic acids is 2. The first-order valence-corrected chi connectivity index (χ1v) is 16.5. The highest BCUT2D eigenvalue weighted by Gasteiger charge is 2.66. The first kappa shape index (κ1) is 29.8. The lowest BCUT2D eigenvalue weighted by atomic mass is 9.82. The van der Waals surface area contributed by atoms with Gasteiger partial charge in [-0.25, -0.2) is 0 Å². The lowest BCUT2D eigenvalue weighted by molar-refractivity contribution is -0.385. The molecule has 2 N–H and O–H groups in total. The van der Waals surface area contributed by atoms with Gasteiger partial charge in [0, 0.05) is 67.9 Å². The molecule has 4 rings (SSSR count). The SMILES string of the molecule is COC(=O)CCCCN1C(=O)[C@@]2(O[C@@H](CCn3cc(CCO)nn3)[C@H]([Si](C)(C)O)[C@H]2C)c2cc([N+](=O)[O-])ccc21. The van der Waals surface area contributed by atoms with Crippen LogP contribution in [0.4, 0.5) is 11.4 Å². The molecule has 4 atom stereocenters. The van der Waals surface area contributed by atoms with Crippen molar-refractivity contribution in [3.8, 4) is 0 Å². The summed E-state index contributed by atoms with van der Waals surface area (Å²) in [4.78, 5) is 50.0. The maximum Gasteiger partial charge on any atom is 0.305 e. The third-order valence-corrected chi connectivity index (χ3v) is 10.5. The molecule has 1 spiro atoms. The van der Waals surface area contributed by atoms with Crippen LogP contribution in [0.3, 0.4) is 0 Å². The van der Waals surface area contributed by atoms with Crippen LogP contribution in [0.2, 0.25) is 18.6 Å². The molecular formula is C26H37N5O8Si. The van der Waals surface area contributed by atoms with Gasteiger partial charge in [0.2, 0.25) is 0 Å². The highest BCUT2D eigenvalue weighted by molar-refractivity contribution is 6.71. The number of aromatic nitrogens is 3. The van der Waals surface area contributed by atoms with Crippen molar-refractivity contribution in [1.29, 1.82) is 0 Å². The molecule has 0 radical (unpaired) electrons. The first-order valence-electron chi connectivity index (χ1n) is 13.5. The summed E-state index contributed by atoms with van der Waals surface area (Å²) in [6.45, 7) is 6.20. The van der Waals surface area contributed by atoms with Gasteiger partial charge in [-0.15, -0.1) is 5.10 Å². The van der Waals surface area contributed by atoms with E-state index in [1.165, 1.54) is 19.2 Å². The number of hydrogen-bond donors (Lipinski definition) is 2. The van der Waals surface area contributed by atoms with Gasteiger partial charge >= 0.3 is 5.97 Å². The lowest BCUT2D eigenvalue weighted by Gasteiger charge is -2.32. The van der Waals surface area contributed by atoms with E-state index >= 15 is 0 Å². The molecule has 0 bridgehead atoms. The van der Waals surface area contributed by atoms with Crippen molar-refractivity contribution >= 4 is 31.6 Å². The maximum absolute atomic E-state index is 14.3. The Morgan fingerprint density at radius 3 is 2.70 bits per heavy atom. The van der Waals surface area contributed by atoms with Gasteiger partial charge in [0.1, 0.15) is 0 Å². The van der Waals surface area contributed by atoms with Crippen LogP contribution >= 0.6 is 0 Å². The number of aliphatic hydroxyl groups excluding tert-OH is 1. The van der Waals surface area contributed by atoms with Gasteiger partial charge in [-0.05, 0) is 38.4 Å². The van der Waals surface area contributed by atoms with Crippen LogP contribution < -0.4 is 4.90 Å². The molecule has 13 nitrogen and oxygen atoms in total. The van der Waals surface area contributed by atoms with Gasteiger partial charge in [0.25, 0.3) is 11.6 Å². The number of unbranched alkanes of at least 4 members (excludes halogenated alkanes) is 1. The Morgan fingerprint density at radius 1 is 1.30 bits per heavy atom. The van der Waals surface area contributed by atoms with E-state index in [9.17, 15) is 24.5 Å². The van der Waals surface area contributed by atoms with Crippen molar-refractivity contribution in [3.63, 3.8) is 0 Å². The average molecular weight is 576 g/mol. The van der Waals surface area contributed by atoms with Gasteiger partial charge in [-0.2, -0.15) is 0 Å².